The van der Waals surface area contributed by atoms with Crippen LogP contribution in [-0.2, 0) is 10.1 Å². The summed E-state index contributed by atoms with van der Waals surface area (Å²) in [6.07, 6.45) is 0. The van der Waals surface area contributed by atoms with Gasteiger partial charge in [-0.05, 0) is 12.1 Å². The van der Waals surface area contributed by atoms with Crippen LogP contribution in [0.3, 0.4) is 0 Å². The second-order valence-electron chi connectivity index (χ2n) is 3.85. The Bertz CT molecular complexity index is 682. The smallest absolute Gasteiger partial charge is 1.00 e. The Morgan fingerprint density at radius 1 is 1.15 bits per heavy atom. The van der Waals surface area contributed by atoms with Crippen molar-refractivity contribution >= 4 is 26.6 Å². The van der Waals surface area contributed by atoms with Gasteiger partial charge in [0.15, 0.2) is 0 Å². The van der Waals surface area contributed by atoms with Crippen LogP contribution in [0.5, 0.6) is 0 Å². The van der Waals surface area contributed by atoms with Gasteiger partial charge in [0.25, 0.3) is 10.1 Å². The molecule has 0 aliphatic heterocycles. The van der Waals surface area contributed by atoms with E-state index in [1.807, 2.05) is 6.07 Å². The van der Waals surface area contributed by atoms with Crippen LogP contribution in [0.15, 0.2) is 41.3 Å². The summed E-state index contributed by atoms with van der Waals surface area (Å²) in [7, 11) is -4.22. The van der Waals surface area contributed by atoms with Gasteiger partial charge < -0.3 is 18.0 Å². The molecule has 0 amide bonds. The maximum absolute atomic E-state index is 11.3. The molecular formula is C12H17N2NaO4S. The molecule has 8 heteroatoms. The Balaban J connectivity index is 0. The van der Waals surface area contributed by atoms with Crippen molar-refractivity contribution in [3.8, 4) is 0 Å². The second-order valence-corrected chi connectivity index (χ2v) is 5.24. The third kappa shape index (κ3) is 4.16. The first-order valence-corrected chi connectivity index (χ1v) is 6.91. The average Bonchev–Trinajstić information content (AvgIpc) is 2.34. The monoisotopic (exact) mass is 308 g/mol. The molecule has 0 spiro atoms. The van der Waals surface area contributed by atoms with Crippen LogP contribution in [0, 0.1) is 0 Å². The maximum atomic E-state index is 11.3. The van der Waals surface area contributed by atoms with E-state index in [9.17, 15) is 13.0 Å². The number of nitrogens with two attached hydrogens (primary N) is 1. The second kappa shape index (κ2) is 7.94. The van der Waals surface area contributed by atoms with Crippen molar-refractivity contribution in [2.24, 2.45) is 5.73 Å². The van der Waals surface area contributed by atoms with E-state index in [1.165, 1.54) is 6.07 Å². The molecule has 0 aliphatic carbocycles. The molecule has 0 bridgehead atoms. The molecular weight excluding hydrogens is 291 g/mol. The van der Waals surface area contributed by atoms with Crippen LogP contribution in [0.2, 0.25) is 0 Å². The van der Waals surface area contributed by atoms with Gasteiger partial charge >= 0.3 is 29.6 Å². The molecule has 0 saturated heterocycles. The number of rotatable bonds is 4. The van der Waals surface area contributed by atoms with E-state index in [-0.39, 0.29) is 41.4 Å². The molecule has 6 N–H and O–H groups in total. The van der Waals surface area contributed by atoms with E-state index in [4.69, 9.17) is 5.73 Å². The largest absolute Gasteiger partial charge is 1.00 e. The first-order valence-electron chi connectivity index (χ1n) is 5.47. The zero-order valence-corrected chi connectivity index (χ0v) is 13.9. The summed E-state index contributed by atoms with van der Waals surface area (Å²) in [5, 5.41) is 4.34. The molecule has 0 aliphatic rings. The SMILES string of the molecule is NCCNc1cccc2c(S(=O)(=O)O)cccc12.O.[H-].[Na+]. The summed E-state index contributed by atoms with van der Waals surface area (Å²) in [4.78, 5) is -0.0867. The normalized spacial score (nSPS) is 10.5. The summed E-state index contributed by atoms with van der Waals surface area (Å²) in [5.74, 6) is 0. The van der Waals surface area contributed by atoms with E-state index in [2.05, 4.69) is 5.32 Å². The molecule has 0 saturated carbocycles. The van der Waals surface area contributed by atoms with Gasteiger partial charge in [-0.3, -0.25) is 4.55 Å². The van der Waals surface area contributed by atoms with Gasteiger partial charge in [-0.2, -0.15) is 8.42 Å². The molecule has 106 valence electrons. The Morgan fingerprint density at radius 2 is 1.75 bits per heavy atom. The Hall–Kier alpha value is -0.670. The Labute approximate surface area is 141 Å². The van der Waals surface area contributed by atoms with E-state index in [1.54, 1.807) is 24.3 Å². The van der Waals surface area contributed by atoms with Crippen molar-refractivity contribution in [2.45, 2.75) is 4.90 Å². The third-order valence-corrected chi connectivity index (χ3v) is 3.53. The van der Waals surface area contributed by atoms with E-state index < -0.39 is 10.1 Å². The van der Waals surface area contributed by atoms with Crippen molar-refractivity contribution < 1.29 is 49.4 Å². The molecule has 0 radical (unpaired) electrons. The van der Waals surface area contributed by atoms with Crippen LogP contribution in [0.25, 0.3) is 10.8 Å². The standard InChI is InChI=1S/C12H14N2O3S.Na.H2O.H/c13-7-8-14-11-5-1-4-10-9(11)3-2-6-12(10)18(15,16)17;;;/h1-6,14H,7-8,13H2,(H,15,16,17);;1H2;/q;+1;;-1. The summed E-state index contributed by atoms with van der Waals surface area (Å²) in [5.41, 5.74) is 6.22. The predicted molar refractivity (Wildman–Crippen MR) is 76.0 cm³/mol. The van der Waals surface area contributed by atoms with Crippen LogP contribution in [-0.4, -0.2) is 31.5 Å². The van der Waals surface area contributed by atoms with Crippen molar-refractivity contribution in [3.63, 3.8) is 0 Å². The fourth-order valence-corrected chi connectivity index (χ4v) is 2.57. The van der Waals surface area contributed by atoms with Crippen LogP contribution < -0.4 is 40.6 Å². The van der Waals surface area contributed by atoms with Crippen LogP contribution in [0.4, 0.5) is 5.69 Å². The summed E-state index contributed by atoms with van der Waals surface area (Å²) in [6.45, 7) is 1.07. The van der Waals surface area contributed by atoms with Crippen LogP contribution in [0.1, 0.15) is 1.43 Å². The number of hydrogen-bond acceptors (Lipinski definition) is 4. The summed E-state index contributed by atoms with van der Waals surface area (Å²) >= 11 is 0. The molecule has 2 rings (SSSR count). The minimum Gasteiger partial charge on any atom is -1.00 e. The van der Waals surface area contributed by atoms with E-state index >= 15 is 0 Å². The quantitative estimate of drug-likeness (QED) is 0.435. The summed E-state index contributed by atoms with van der Waals surface area (Å²) in [6, 6.07) is 10.00. The number of benzene rings is 2. The molecule has 6 nitrogen and oxygen atoms in total. The zero-order chi connectivity index (χ0) is 13.2. The minimum absolute atomic E-state index is 0. The molecule has 0 aromatic heterocycles. The Kier molecular flexibility index (Phi) is 7.67. The van der Waals surface area contributed by atoms with Crippen molar-refractivity contribution in [1.29, 1.82) is 0 Å². The van der Waals surface area contributed by atoms with Gasteiger partial charge in [-0.15, -0.1) is 0 Å². The number of fused-ring (bicyclic) bond motifs is 1. The molecule has 0 atom stereocenters. The average molecular weight is 308 g/mol. The summed E-state index contributed by atoms with van der Waals surface area (Å²) < 4.78 is 31.8. The zero-order valence-electron chi connectivity index (χ0n) is 12.1. The fourth-order valence-electron chi connectivity index (χ4n) is 1.87. The van der Waals surface area contributed by atoms with Gasteiger partial charge in [0.2, 0.25) is 0 Å². The first kappa shape index (κ1) is 19.3. The molecule has 0 unspecified atom stereocenters. The maximum Gasteiger partial charge on any atom is 1.00 e. The van der Waals surface area contributed by atoms with Gasteiger partial charge in [-0.1, -0.05) is 24.3 Å². The van der Waals surface area contributed by atoms with E-state index in [0.717, 1.165) is 11.1 Å². The first-order chi connectivity index (χ1) is 8.54. The third-order valence-electron chi connectivity index (χ3n) is 2.62. The fraction of sp³-hybridized carbons (Fsp3) is 0.167. The van der Waals surface area contributed by atoms with Gasteiger partial charge in [0.05, 0.1) is 0 Å². The van der Waals surface area contributed by atoms with Crippen molar-refractivity contribution in [3.05, 3.63) is 36.4 Å². The number of anilines is 1. The van der Waals surface area contributed by atoms with Gasteiger partial charge in [0.1, 0.15) is 4.90 Å². The molecule has 0 fully saturated rings. The van der Waals surface area contributed by atoms with Gasteiger partial charge in [-0.25, -0.2) is 0 Å². The topological polar surface area (TPSA) is 124 Å². The molecule has 2 aromatic rings. The molecule has 0 heterocycles. The van der Waals surface area contributed by atoms with Gasteiger partial charge in [0, 0.05) is 29.5 Å². The predicted octanol–water partition coefficient (Wildman–Crippen LogP) is -2.25. The Morgan fingerprint density at radius 3 is 2.35 bits per heavy atom. The molecule has 2 aromatic carbocycles. The van der Waals surface area contributed by atoms with Crippen molar-refractivity contribution in [1.82, 2.24) is 0 Å². The minimum atomic E-state index is -4.22. The van der Waals surface area contributed by atoms with E-state index in [0.29, 0.717) is 18.5 Å². The van der Waals surface area contributed by atoms with Crippen molar-refractivity contribution in [2.75, 3.05) is 18.4 Å². The number of hydrogen-bond donors (Lipinski definition) is 3. The number of nitrogens with one attached hydrogen (secondary N) is 1. The molecule has 20 heavy (non-hydrogen) atoms. The van der Waals surface area contributed by atoms with Crippen LogP contribution >= 0.6 is 0 Å².